The van der Waals surface area contributed by atoms with Crippen molar-refractivity contribution in [3.05, 3.63) is 17.5 Å². The van der Waals surface area contributed by atoms with Crippen molar-refractivity contribution in [2.45, 2.75) is 57.7 Å². The molecule has 2 heterocycles. The monoisotopic (exact) mass is 335 g/mol. The first-order chi connectivity index (χ1) is 11.5. The lowest BCUT2D eigenvalue weighted by Gasteiger charge is -2.39. The summed E-state index contributed by atoms with van der Waals surface area (Å²) < 4.78 is 16.5. The fourth-order valence-corrected chi connectivity index (χ4v) is 2.72. The van der Waals surface area contributed by atoms with Crippen LogP contribution >= 0.6 is 0 Å². The van der Waals surface area contributed by atoms with Gasteiger partial charge >= 0.3 is 11.9 Å². The van der Waals surface area contributed by atoms with E-state index in [0.717, 1.165) is 19.3 Å². The summed E-state index contributed by atoms with van der Waals surface area (Å²) in [6, 6.07) is 0. The fraction of sp³-hybridized carbons (Fsp3) is 0.667. The molecule has 1 aliphatic carbocycles. The van der Waals surface area contributed by atoms with Gasteiger partial charge < -0.3 is 14.2 Å². The van der Waals surface area contributed by atoms with Crippen LogP contribution in [0.5, 0.6) is 0 Å². The quantitative estimate of drug-likeness (QED) is 0.668. The van der Waals surface area contributed by atoms with Crippen molar-refractivity contribution in [3.8, 4) is 0 Å². The van der Waals surface area contributed by atoms with E-state index in [1.165, 1.54) is 7.11 Å². The number of H-pyrrole nitrogens is 1. The van der Waals surface area contributed by atoms with Crippen molar-refractivity contribution in [1.29, 1.82) is 0 Å². The van der Waals surface area contributed by atoms with Gasteiger partial charge in [0, 0.05) is 18.8 Å². The third-order valence-electron chi connectivity index (χ3n) is 4.02. The molecule has 1 aromatic rings. The highest BCUT2D eigenvalue weighted by Gasteiger charge is 2.45. The van der Waals surface area contributed by atoms with Crippen LogP contribution in [0.2, 0.25) is 0 Å². The molecule has 1 saturated carbocycles. The molecule has 1 aliphatic heterocycles. The first kappa shape index (κ1) is 16.4. The number of aromatic nitrogens is 3. The van der Waals surface area contributed by atoms with Crippen LogP contribution in [-0.4, -0.2) is 34.0 Å². The number of ether oxygens (including phenoxy) is 3. The number of aromatic amines is 1. The Kier molecular flexibility index (Phi) is 4.50. The van der Waals surface area contributed by atoms with Crippen molar-refractivity contribution in [3.63, 3.8) is 0 Å². The predicted octanol–water partition coefficient (Wildman–Crippen LogP) is 3.06. The molecule has 24 heavy (non-hydrogen) atoms. The largest absolute Gasteiger partial charge is 0.467 e. The second kappa shape index (κ2) is 6.58. The first-order valence-corrected chi connectivity index (χ1v) is 8.08. The molecule has 0 radical (unpaired) electrons. The van der Waals surface area contributed by atoms with Crippen molar-refractivity contribution in [1.82, 2.24) is 15.2 Å². The molecular formula is C15H21N5O4. The average molecular weight is 335 g/mol. The molecular weight excluding hydrogens is 314 g/mol. The van der Waals surface area contributed by atoms with E-state index in [-0.39, 0.29) is 23.5 Å². The van der Waals surface area contributed by atoms with Crippen molar-refractivity contribution in [2.75, 3.05) is 7.11 Å². The summed E-state index contributed by atoms with van der Waals surface area (Å²) in [5.41, 5.74) is -0.121. The number of carbonyl (C=O) groups is 1. The summed E-state index contributed by atoms with van der Waals surface area (Å²) in [5.74, 6) is -0.514. The third-order valence-corrected chi connectivity index (χ3v) is 4.02. The molecule has 1 N–H and O–H groups in total. The van der Waals surface area contributed by atoms with E-state index < -0.39 is 11.8 Å². The molecule has 9 heteroatoms. The van der Waals surface area contributed by atoms with Crippen LogP contribution in [0.1, 0.15) is 57.7 Å². The summed E-state index contributed by atoms with van der Waals surface area (Å²) in [4.78, 5) is 16.5. The fourth-order valence-electron chi connectivity index (χ4n) is 2.72. The first-order valence-electron chi connectivity index (χ1n) is 8.08. The Morgan fingerprint density at radius 2 is 1.96 bits per heavy atom. The summed E-state index contributed by atoms with van der Waals surface area (Å²) in [6.45, 7) is 3.95. The zero-order valence-corrected chi connectivity index (χ0v) is 14.0. The van der Waals surface area contributed by atoms with Crippen LogP contribution < -0.4 is 0 Å². The predicted molar refractivity (Wildman–Crippen MR) is 82.0 cm³/mol. The minimum atomic E-state index is -0.935. The number of azo groups is 1. The lowest BCUT2D eigenvalue weighted by molar-refractivity contribution is -0.252. The highest BCUT2D eigenvalue weighted by atomic mass is 16.8. The Morgan fingerprint density at radius 1 is 1.21 bits per heavy atom. The molecule has 3 rings (SSSR count). The molecule has 0 saturated heterocycles. The number of nitrogens with zero attached hydrogens (tertiary/aromatic N) is 4. The van der Waals surface area contributed by atoms with Gasteiger partial charge in [0.25, 0.3) is 17.4 Å². The van der Waals surface area contributed by atoms with E-state index in [2.05, 4.69) is 25.4 Å². The Morgan fingerprint density at radius 3 is 2.58 bits per heavy atom. The Balaban J connectivity index is 1.82. The number of methoxy groups -OCH3 is 1. The van der Waals surface area contributed by atoms with Gasteiger partial charge in [-0.2, -0.15) is 4.98 Å². The highest BCUT2D eigenvalue weighted by Crippen LogP contribution is 2.39. The van der Waals surface area contributed by atoms with E-state index >= 15 is 0 Å². The summed E-state index contributed by atoms with van der Waals surface area (Å²) in [6.07, 6.45) is 4.28. The number of hydrogen-bond donors (Lipinski definition) is 1. The standard InChI is InChI=1S/C15H21N5O4/c1-9(2)11-16-14(20-18-11)19-17-10-12(21)23-15(24-13(10)22-3)7-5-4-6-8-15/h9H,4-8H2,1-3H3,(H,16,18,20). The van der Waals surface area contributed by atoms with Gasteiger partial charge in [-0.25, -0.2) is 4.79 Å². The Bertz CT molecular complexity index is 673. The van der Waals surface area contributed by atoms with Crippen molar-refractivity contribution in [2.24, 2.45) is 10.2 Å². The number of rotatable bonds is 4. The maximum Gasteiger partial charge on any atom is 0.369 e. The Labute approximate surface area is 139 Å². The van der Waals surface area contributed by atoms with Crippen LogP contribution in [0.25, 0.3) is 0 Å². The second-order valence-electron chi connectivity index (χ2n) is 6.18. The van der Waals surface area contributed by atoms with Gasteiger partial charge in [0.1, 0.15) is 5.82 Å². The molecule has 130 valence electrons. The number of esters is 1. The van der Waals surface area contributed by atoms with E-state index in [4.69, 9.17) is 14.2 Å². The minimum absolute atomic E-state index is 0.0246. The number of nitrogens with one attached hydrogen (secondary N) is 1. The maximum atomic E-state index is 12.3. The number of carbonyl (C=O) groups excluding carboxylic acids is 1. The molecule has 9 nitrogen and oxygen atoms in total. The van der Waals surface area contributed by atoms with Gasteiger partial charge in [-0.3, -0.25) is 5.10 Å². The molecule has 0 bridgehead atoms. The zero-order valence-electron chi connectivity index (χ0n) is 14.0. The van der Waals surface area contributed by atoms with E-state index in [1.54, 1.807) is 0 Å². The van der Waals surface area contributed by atoms with Gasteiger partial charge in [0.15, 0.2) is 0 Å². The smallest absolute Gasteiger partial charge is 0.369 e. The third kappa shape index (κ3) is 3.24. The molecule has 0 unspecified atom stereocenters. The van der Waals surface area contributed by atoms with Crippen LogP contribution in [0, 0.1) is 0 Å². The molecule has 1 aromatic heterocycles. The minimum Gasteiger partial charge on any atom is -0.467 e. The number of hydrogen-bond acceptors (Lipinski definition) is 8. The molecule has 2 aliphatic rings. The maximum absolute atomic E-state index is 12.3. The van der Waals surface area contributed by atoms with E-state index in [0.29, 0.717) is 18.7 Å². The lowest BCUT2D eigenvalue weighted by Crippen LogP contribution is -2.44. The molecule has 0 aromatic carbocycles. The van der Waals surface area contributed by atoms with Gasteiger partial charge in [-0.1, -0.05) is 20.3 Å². The van der Waals surface area contributed by atoms with Crippen molar-refractivity contribution >= 4 is 11.9 Å². The normalized spacial score (nSPS) is 20.6. The SMILES string of the molecule is COC1=C(N=Nc2n[nH]c(C(C)C)n2)C(=O)OC2(CCCCC2)O1. The average Bonchev–Trinajstić information content (AvgIpc) is 3.03. The van der Waals surface area contributed by atoms with Gasteiger partial charge in [0.2, 0.25) is 0 Å². The zero-order chi connectivity index (χ0) is 17.2. The second-order valence-corrected chi connectivity index (χ2v) is 6.18. The summed E-state index contributed by atoms with van der Waals surface area (Å²) in [5, 5.41) is 14.4. The van der Waals surface area contributed by atoms with Crippen molar-refractivity contribution < 1.29 is 19.0 Å². The molecule has 0 amide bonds. The molecule has 0 atom stereocenters. The highest BCUT2D eigenvalue weighted by molar-refractivity contribution is 5.89. The van der Waals surface area contributed by atoms with Crippen LogP contribution in [0.15, 0.2) is 21.9 Å². The topological polar surface area (TPSA) is 111 Å². The van der Waals surface area contributed by atoms with E-state index in [9.17, 15) is 4.79 Å². The molecule has 1 spiro atoms. The van der Waals surface area contributed by atoms with Gasteiger partial charge in [-0.05, 0) is 12.8 Å². The summed E-state index contributed by atoms with van der Waals surface area (Å²) in [7, 11) is 1.42. The van der Waals surface area contributed by atoms with E-state index in [1.807, 2.05) is 13.8 Å². The Hall–Kier alpha value is -2.45. The van der Waals surface area contributed by atoms with Gasteiger partial charge in [-0.15, -0.1) is 15.3 Å². The summed E-state index contributed by atoms with van der Waals surface area (Å²) >= 11 is 0. The van der Waals surface area contributed by atoms with Gasteiger partial charge in [0.05, 0.1) is 7.11 Å². The van der Waals surface area contributed by atoms with Crippen LogP contribution in [-0.2, 0) is 19.0 Å². The lowest BCUT2D eigenvalue weighted by atomic mass is 9.93. The van der Waals surface area contributed by atoms with Crippen LogP contribution in [0.4, 0.5) is 5.95 Å². The molecule has 1 fully saturated rings. The van der Waals surface area contributed by atoms with Crippen LogP contribution in [0.3, 0.4) is 0 Å².